The number of amides is 1. The number of aromatic nitrogens is 1. The number of pyridine rings is 1. The summed E-state index contributed by atoms with van der Waals surface area (Å²) in [6.07, 6.45) is 3.90. The molecule has 1 aromatic rings. The Bertz CT molecular complexity index is 641. The number of hydrogen-bond donors (Lipinski definition) is 2. The van der Waals surface area contributed by atoms with E-state index in [1.165, 1.54) is 0 Å². The third kappa shape index (κ3) is 10.7. The second kappa shape index (κ2) is 11.6. The zero-order valence-electron chi connectivity index (χ0n) is 18.9. The molecule has 2 N–H and O–H groups in total. The number of nitrogens with zero attached hydrogens (tertiary/aromatic N) is 3. The normalized spacial score (nSPS) is 12.4. The van der Waals surface area contributed by atoms with Crippen molar-refractivity contribution in [2.75, 3.05) is 33.8 Å². The molecule has 0 aliphatic heterocycles. The van der Waals surface area contributed by atoms with Crippen molar-refractivity contribution in [3.8, 4) is 0 Å². The molecular formula is C21H37N5O3. The van der Waals surface area contributed by atoms with E-state index in [1.54, 1.807) is 31.5 Å². The van der Waals surface area contributed by atoms with Gasteiger partial charge in [0.05, 0.1) is 12.1 Å². The minimum Gasteiger partial charge on any atom is -0.444 e. The van der Waals surface area contributed by atoms with Gasteiger partial charge in [0.2, 0.25) is 0 Å². The minimum absolute atomic E-state index is 0.283. The number of nitrogens with one attached hydrogen (secondary N) is 2. The molecule has 8 heteroatoms. The lowest BCUT2D eigenvalue weighted by Gasteiger charge is -2.28. The van der Waals surface area contributed by atoms with Gasteiger partial charge in [-0.2, -0.15) is 0 Å². The lowest BCUT2D eigenvalue weighted by Crippen LogP contribution is -2.46. The molecule has 0 saturated heterocycles. The molecule has 0 aliphatic rings. The van der Waals surface area contributed by atoms with Gasteiger partial charge < -0.3 is 25.0 Å². The summed E-state index contributed by atoms with van der Waals surface area (Å²) in [7, 11) is 3.41. The Kier molecular flexibility index (Phi) is 9.88. The Hall–Kier alpha value is -2.35. The molecule has 0 aliphatic carbocycles. The fourth-order valence-electron chi connectivity index (χ4n) is 2.34. The van der Waals surface area contributed by atoms with Crippen LogP contribution in [0.1, 0.15) is 46.6 Å². The first-order valence-corrected chi connectivity index (χ1v) is 9.93. The highest BCUT2D eigenvalue weighted by Crippen LogP contribution is 2.12. The molecule has 0 aromatic carbocycles. The zero-order valence-corrected chi connectivity index (χ0v) is 18.9. The molecule has 0 radical (unpaired) electrons. The average Bonchev–Trinajstić information content (AvgIpc) is 2.65. The van der Waals surface area contributed by atoms with E-state index < -0.39 is 5.60 Å². The Morgan fingerprint density at radius 2 is 1.97 bits per heavy atom. The summed E-state index contributed by atoms with van der Waals surface area (Å²) in [6.45, 7) is 11.9. The van der Waals surface area contributed by atoms with Crippen molar-refractivity contribution in [2.45, 2.75) is 58.8 Å². The summed E-state index contributed by atoms with van der Waals surface area (Å²) in [5.41, 5.74) is 0.142. The maximum absolute atomic E-state index is 12.6. The minimum atomic E-state index is -0.539. The number of carbonyl (C=O) groups is 1. The molecule has 1 heterocycles. The third-order valence-electron chi connectivity index (χ3n) is 4.10. The quantitative estimate of drug-likeness (QED) is 0.372. The van der Waals surface area contributed by atoms with Crippen LogP contribution in [0.25, 0.3) is 0 Å². The van der Waals surface area contributed by atoms with Crippen LogP contribution in [0.2, 0.25) is 0 Å². The fourth-order valence-corrected chi connectivity index (χ4v) is 2.34. The lowest BCUT2D eigenvalue weighted by molar-refractivity contribution is 0.0230. The van der Waals surface area contributed by atoms with E-state index in [4.69, 9.17) is 9.47 Å². The van der Waals surface area contributed by atoms with Crippen molar-refractivity contribution in [3.63, 3.8) is 0 Å². The smallest absolute Gasteiger partial charge is 0.410 e. The fraction of sp³-hybridized carbons (Fsp3) is 0.667. The summed E-state index contributed by atoms with van der Waals surface area (Å²) in [4.78, 5) is 22.7. The van der Waals surface area contributed by atoms with Crippen molar-refractivity contribution in [1.82, 2.24) is 20.5 Å². The van der Waals surface area contributed by atoms with Crippen LogP contribution >= 0.6 is 0 Å². The number of methoxy groups -OCH3 is 1. The van der Waals surface area contributed by atoms with E-state index in [1.807, 2.05) is 46.8 Å². The Balaban J connectivity index is 2.57. The van der Waals surface area contributed by atoms with Gasteiger partial charge in [-0.25, -0.2) is 4.79 Å². The highest BCUT2D eigenvalue weighted by Gasteiger charge is 2.22. The molecule has 8 nitrogen and oxygen atoms in total. The molecular weight excluding hydrogens is 370 g/mol. The van der Waals surface area contributed by atoms with Gasteiger partial charge in [0.25, 0.3) is 0 Å². The highest BCUT2D eigenvalue weighted by atomic mass is 16.6. The van der Waals surface area contributed by atoms with E-state index in [2.05, 4.69) is 20.6 Å². The number of rotatable bonds is 9. The summed E-state index contributed by atoms with van der Waals surface area (Å²) in [5.74, 6) is 0.700. The Morgan fingerprint density at radius 3 is 2.52 bits per heavy atom. The third-order valence-corrected chi connectivity index (χ3v) is 4.10. The molecule has 1 aromatic heterocycles. The van der Waals surface area contributed by atoms with Gasteiger partial charge in [-0.05, 0) is 52.7 Å². The van der Waals surface area contributed by atoms with Crippen molar-refractivity contribution in [3.05, 3.63) is 30.1 Å². The number of carbonyl (C=O) groups excluding carboxylic acids is 1. The van der Waals surface area contributed by atoms with Crippen molar-refractivity contribution < 1.29 is 14.3 Å². The van der Waals surface area contributed by atoms with Crippen LogP contribution in [-0.4, -0.2) is 66.9 Å². The van der Waals surface area contributed by atoms with Gasteiger partial charge in [-0.1, -0.05) is 6.07 Å². The van der Waals surface area contributed by atoms with Gasteiger partial charge in [0.15, 0.2) is 5.96 Å². The van der Waals surface area contributed by atoms with Crippen LogP contribution in [-0.2, 0) is 16.0 Å². The first-order valence-electron chi connectivity index (χ1n) is 9.93. The highest BCUT2D eigenvalue weighted by molar-refractivity contribution is 5.79. The maximum Gasteiger partial charge on any atom is 0.410 e. The molecule has 0 atom stereocenters. The monoisotopic (exact) mass is 407 g/mol. The molecule has 0 spiro atoms. The maximum atomic E-state index is 12.6. The SMILES string of the molecule is CN=C(NCCCN(Cc1cccnc1)C(=O)OC(C)(C)C)NCC(C)(C)OC. The van der Waals surface area contributed by atoms with Crippen molar-refractivity contribution in [1.29, 1.82) is 0 Å². The van der Waals surface area contributed by atoms with E-state index in [0.29, 0.717) is 32.1 Å². The zero-order chi connectivity index (χ0) is 21.9. The summed E-state index contributed by atoms with van der Waals surface area (Å²) >= 11 is 0. The topological polar surface area (TPSA) is 88.1 Å². The van der Waals surface area contributed by atoms with E-state index in [-0.39, 0.29) is 11.7 Å². The van der Waals surface area contributed by atoms with Crippen LogP contribution in [0.15, 0.2) is 29.5 Å². The first kappa shape index (κ1) is 24.7. The number of ether oxygens (including phenoxy) is 2. The van der Waals surface area contributed by atoms with Gasteiger partial charge in [0.1, 0.15) is 5.60 Å². The summed E-state index contributed by atoms with van der Waals surface area (Å²) < 4.78 is 11.0. The molecule has 0 fully saturated rings. The number of hydrogen-bond acceptors (Lipinski definition) is 5. The van der Waals surface area contributed by atoms with Crippen LogP contribution < -0.4 is 10.6 Å². The predicted molar refractivity (Wildman–Crippen MR) is 116 cm³/mol. The van der Waals surface area contributed by atoms with Crippen molar-refractivity contribution >= 4 is 12.1 Å². The van der Waals surface area contributed by atoms with Gasteiger partial charge >= 0.3 is 6.09 Å². The van der Waals surface area contributed by atoms with Gasteiger partial charge in [0, 0.05) is 46.2 Å². The van der Waals surface area contributed by atoms with E-state index in [9.17, 15) is 4.79 Å². The Labute approximate surface area is 175 Å². The lowest BCUT2D eigenvalue weighted by atomic mass is 10.1. The summed E-state index contributed by atoms with van der Waals surface area (Å²) in [6, 6.07) is 3.81. The van der Waals surface area contributed by atoms with Crippen LogP contribution in [0.4, 0.5) is 4.79 Å². The predicted octanol–water partition coefficient (Wildman–Crippen LogP) is 2.80. The molecule has 1 rings (SSSR count). The second-order valence-corrected chi connectivity index (χ2v) is 8.43. The molecule has 29 heavy (non-hydrogen) atoms. The van der Waals surface area contributed by atoms with E-state index in [0.717, 1.165) is 12.0 Å². The molecule has 0 bridgehead atoms. The van der Waals surface area contributed by atoms with E-state index >= 15 is 0 Å². The average molecular weight is 408 g/mol. The number of aliphatic imine (C=N–C) groups is 1. The largest absolute Gasteiger partial charge is 0.444 e. The summed E-state index contributed by atoms with van der Waals surface area (Å²) in [5, 5.41) is 6.51. The molecule has 0 unspecified atom stereocenters. The number of guanidine groups is 1. The molecule has 0 saturated carbocycles. The van der Waals surface area contributed by atoms with Crippen molar-refractivity contribution in [2.24, 2.45) is 4.99 Å². The van der Waals surface area contributed by atoms with Gasteiger partial charge in [-0.15, -0.1) is 0 Å². The second-order valence-electron chi connectivity index (χ2n) is 8.43. The van der Waals surface area contributed by atoms with Crippen LogP contribution in [0.5, 0.6) is 0 Å². The standard InChI is InChI=1S/C21H37N5O3/c1-20(2,3)29-19(27)26(15-17-10-8-11-23-14-17)13-9-12-24-18(22-6)25-16-21(4,5)28-7/h8,10-11,14H,9,12-13,15-16H2,1-7H3,(H2,22,24,25). The molecule has 164 valence electrons. The van der Waals surface area contributed by atoms with Gasteiger partial charge in [-0.3, -0.25) is 9.98 Å². The first-order chi connectivity index (χ1) is 13.6. The van der Waals surface area contributed by atoms with Crippen LogP contribution in [0, 0.1) is 0 Å². The molecule has 1 amide bonds. The Morgan fingerprint density at radius 1 is 1.24 bits per heavy atom. The van der Waals surface area contributed by atoms with Crippen LogP contribution in [0.3, 0.4) is 0 Å².